The number of rotatable bonds is 10. The van der Waals surface area contributed by atoms with Crippen LogP contribution in [0.1, 0.15) is 51.3 Å². The van der Waals surface area contributed by atoms with Crippen LogP contribution in [0.25, 0.3) is 11.1 Å². The molecule has 0 bridgehead atoms. The van der Waals surface area contributed by atoms with E-state index in [1.54, 1.807) is 47.7 Å². The van der Waals surface area contributed by atoms with Crippen LogP contribution in [0.5, 0.6) is 5.75 Å². The second-order valence-electron chi connectivity index (χ2n) is 12.8. The summed E-state index contributed by atoms with van der Waals surface area (Å²) in [6.07, 6.45) is -0.274. The third kappa shape index (κ3) is 6.70. The molecule has 1 saturated heterocycles. The van der Waals surface area contributed by atoms with E-state index in [2.05, 4.69) is 20.5 Å². The molecular weight excluding hydrogens is 673 g/mol. The molecule has 0 spiro atoms. The van der Waals surface area contributed by atoms with Crippen LogP contribution in [0.4, 0.5) is 18.9 Å². The first-order chi connectivity index (χ1) is 23.8. The maximum atomic E-state index is 16.5. The number of halogens is 4. The summed E-state index contributed by atoms with van der Waals surface area (Å²) in [5.74, 6) is -2.95. The molecule has 0 saturated carbocycles. The van der Waals surface area contributed by atoms with Crippen molar-refractivity contribution in [2.24, 2.45) is 13.0 Å². The van der Waals surface area contributed by atoms with Gasteiger partial charge in [-0.25, -0.2) is 14.7 Å². The van der Waals surface area contributed by atoms with Crippen molar-refractivity contribution in [2.75, 3.05) is 39.1 Å². The molecule has 6 rings (SSSR count). The number of aromatic nitrogens is 2. The predicted octanol–water partition coefficient (Wildman–Crippen LogP) is 6.18. The van der Waals surface area contributed by atoms with E-state index in [9.17, 15) is 19.1 Å². The van der Waals surface area contributed by atoms with Gasteiger partial charge in [0.1, 0.15) is 0 Å². The van der Waals surface area contributed by atoms with Crippen LogP contribution in [0, 0.1) is 18.7 Å². The monoisotopic (exact) mass is 710 g/mol. The molecule has 1 fully saturated rings. The number of likely N-dealkylation sites (tertiary alicyclic amines) is 1. The first kappa shape index (κ1) is 35.4. The summed E-state index contributed by atoms with van der Waals surface area (Å²) in [4.78, 5) is 33.4. The third-order valence-corrected chi connectivity index (χ3v) is 10.0. The second kappa shape index (κ2) is 14.1. The van der Waals surface area contributed by atoms with Gasteiger partial charge in [0.25, 0.3) is 5.91 Å². The zero-order chi connectivity index (χ0) is 35.9. The molecule has 2 aliphatic rings. The summed E-state index contributed by atoms with van der Waals surface area (Å²) in [6.45, 7) is 3.21. The van der Waals surface area contributed by atoms with Crippen LogP contribution in [-0.2, 0) is 30.9 Å². The Balaban J connectivity index is 1.31. The number of carboxylic acid groups (broad SMARTS) is 1. The van der Waals surface area contributed by atoms with Gasteiger partial charge in [-0.2, -0.15) is 8.78 Å². The molecule has 2 aliphatic heterocycles. The molecular formula is C36H38ClF3N6O4. The van der Waals surface area contributed by atoms with Crippen molar-refractivity contribution in [2.45, 2.75) is 38.5 Å². The summed E-state index contributed by atoms with van der Waals surface area (Å²) in [5.41, 5.74) is 2.93. The SMILES string of the molecule is COc1c(F)cccc1C(NC(F)(F)c1cccc(-c2cccc(NC(=O)c3nc4c(n3C)CCN(C)C4)c2Cl)c1C)N1CCC(C(=O)O)C1. The van der Waals surface area contributed by atoms with Crippen molar-refractivity contribution in [3.63, 3.8) is 0 Å². The Bertz CT molecular complexity index is 1950. The van der Waals surface area contributed by atoms with Gasteiger partial charge >= 0.3 is 12.0 Å². The lowest BCUT2D eigenvalue weighted by molar-refractivity contribution is -0.141. The average molecular weight is 711 g/mol. The summed E-state index contributed by atoms with van der Waals surface area (Å²) in [5, 5.41) is 15.0. The standard InChI is InChI=1S/C36H38ClF3N6O4/c1-20-22(23-9-7-13-27(30(23)37)42-34(47)33-41-28-19-44(2)16-15-29(28)45(33)3)8-5-11-25(20)36(39,40)43-32(46-17-14-21(18-46)35(48)49)24-10-6-12-26(38)31(24)50-4/h5-13,21,32,43H,14-19H2,1-4H3,(H,42,47)(H,48,49). The van der Waals surface area contributed by atoms with Crippen LogP contribution < -0.4 is 15.4 Å². The van der Waals surface area contributed by atoms with Gasteiger partial charge in [-0.3, -0.25) is 14.5 Å². The number of nitrogens with one attached hydrogen (secondary N) is 2. The lowest BCUT2D eigenvalue weighted by atomic mass is 9.94. The molecule has 50 heavy (non-hydrogen) atoms. The first-order valence-corrected chi connectivity index (χ1v) is 16.6. The molecule has 264 valence electrons. The number of carbonyl (C=O) groups excluding carboxylic acids is 1. The molecule has 0 radical (unpaired) electrons. The summed E-state index contributed by atoms with van der Waals surface area (Å²) >= 11 is 6.86. The van der Waals surface area contributed by atoms with Crippen molar-refractivity contribution in [1.82, 2.24) is 24.7 Å². The van der Waals surface area contributed by atoms with Crippen molar-refractivity contribution in [3.8, 4) is 16.9 Å². The number of ether oxygens (including phenoxy) is 1. The number of imidazole rings is 1. The average Bonchev–Trinajstić information content (AvgIpc) is 3.70. The second-order valence-corrected chi connectivity index (χ2v) is 13.2. The molecule has 2 unspecified atom stereocenters. The minimum absolute atomic E-state index is 0.0200. The molecule has 2 atom stereocenters. The Hall–Kier alpha value is -4.43. The van der Waals surface area contributed by atoms with Crippen LogP contribution in [-0.4, -0.2) is 70.1 Å². The molecule has 3 heterocycles. The van der Waals surface area contributed by atoms with Gasteiger partial charge in [-0.1, -0.05) is 54.1 Å². The van der Waals surface area contributed by atoms with E-state index in [0.29, 0.717) is 23.4 Å². The molecule has 1 aromatic heterocycles. The highest BCUT2D eigenvalue weighted by Crippen LogP contribution is 2.42. The number of carboxylic acids is 1. The number of hydrogen-bond acceptors (Lipinski definition) is 7. The number of nitrogens with zero attached hydrogens (tertiary/aromatic N) is 4. The van der Waals surface area contributed by atoms with Crippen LogP contribution in [0.15, 0.2) is 54.6 Å². The van der Waals surface area contributed by atoms with Crippen molar-refractivity contribution < 1.29 is 32.6 Å². The van der Waals surface area contributed by atoms with Gasteiger partial charge in [0.15, 0.2) is 17.4 Å². The van der Waals surface area contributed by atoms with Gasteiger partial charge < -0.3 is 24.6 Å². The fourth-order valence-corrected chi connectivity index (χ4v) is 7.21. The van der Waals surface area contributed by atoms with Gasteiger partial charge in [-0.05, 0) is 43.7 Å². The van der Waals surface area contributed by atoms with Gasteiger partial charge in [0.2, 0.25) is 0 Å². The van der Waals surface area contributed by atoms with E-state index < -0.39 is 35.8 Å². The highest BCUT2D eigenvalue weighted by atomic mass is 35.5. The number of amides is 1. The number of anilines is 1. The maximum Gasteiger partial charge on any atom is 0.331 e. The van der Waals surface area contributed by atoms with E-state index in [1.807, 2.05) is 7.05 Å². The lowest BCUT2D eigenvalue weighted by Gasteiger charge is -2.34. The third-order valence-electron chi connectivity index (χ3n) is 9.61. The molecule has 4 aromatic rings. The van der Waals surface area contributed by atoms with E-state index in [4.69, 9.17) is 16.3 Å². The van der Waals surface area contributed by atoms with E-state index in [1.165, 1.54) is 31.4 Å². The summed E-state index contributed by atoms with van der Waals surface area (Å²) in [7, 11) is 5.04. The fourth-order valence-electron chi connectivity index (χ4n) is 6.94. The predicted molar refractivity (Wildman–Crippen MR) is 183 cm³/mol. The number of carbonyl (C=O) groups is 2. The number of benzene rings is 3. The largest absolute Gasteiger partial charge is 0.493 e. The smallest absolute Gasteiger partial charge is 0.331 e. The zero-order valence-electron chi connectivity index (χ0n) is 28.1. The van der Waals surface area contributed by atoms with Crippen molar-refractivity contribution in [3.05, 3.63) is 99.3 Å². The molecule has 3 aromatic carbocycles. The van der Waals surface area contributed by atoms with Gasteiger partial charge in [0.05, 0.1) is 35.6 Å². The molecule has 1 amide bonds. The van der Waals surface area contributed by atoms with Crippen LogP contribution >= 0.6 is 11.6 Å². The summed E-state index contributed by atoms with van der Waals surface area (Å²) in [6, 6.07) is 9.77. The van der Waals surface area contributed by atoms with Gasteiger partial charge in [0, 0.05) is 62.0 Å². The Morgan fingerprint density at radius 3 is 2.52 bits per heavy atom. The number of fused-ring (bicyclic) bond motifs is 1. The Kier molecular flexibility index (Phi) is 9.95. The van der Waals surface area contributed by atoms with E-state index in [-0.39, 0.29) is 52.8 Å². The number of methoxy groups -OCH3 is 1. The number of hydrogen-bond donors (Lipinski definition) is 3. The number of likely N-dealkylation sites (N-methyl/N-ethyl adjacent to an activating group) is 1. The zero-order valence-corrected chi connectivity index (χ0v) is 28.8. The molecule has 0 aliphatic carbocycles. The quantitative estimate of drug-likeness (QED) is 0.167. The van der Waals surface area contributed by atoms with Crippen molar-refractivity contribution in [1.29, 1.82) is 0 Å². The highest BCUT2D eigenvalue weighted by Gasteiger charge is 2.42. The number of alkyl halides is 2. The van der Waals surface area contributed by atoms with Gasteiger partial charge in [-0.15, -0.1) is 0 Å². The lowest BCUT2D eigenvalue weighted by Crippen LogP contribution is -2.45. The Morgan fingerprint density at radius 2 is 1.80 bits per heavy atom. The Labute approximate surface area is 292 Å². The van der Waals surface area contributed by atoms with Crippen molar-refractivity contribution >= 4 is 29.2 Å². The molecule has 10 nitrogen and oxygen atoms in total. The van der Waals surface area contributed by atoms with E-state index in [0.717, 1.165) is 30.4 Å². The number of para-hydroxylation sites is 1. The Morgan fingerprint density at radius 1 is 1.08 bits per heavy atom. The highest BCUT2D eigenvalue weighted by molar-refractivity contribution is 6.36. The molecule has 3 N–H and O–H groups in total. The summed E-state index contributed by atoms with van der Waals surface area (Å²) < 4.78 is 54.9. The fraction of sp³-hybridized carbons (Fsp3) is 0.361. The minimum atomic E-state index is -3.69. The van der Waals surface area contributed by atoms with Crippen LogP contribution in [0.2, 0.25) is 5.02 Å². The van der Waals surface area contributed by atoms with E-state index >= 15 is 8.78 Å². The topological polar surface area (TPSA) is 112 Å². The minimum Gasteiger partial charge on any atom is -0.493 e. The van der Waals surface area contributed by atoms with Crippen LogP contribution in [0.3, 0.4) is 0 Å². The first-order valence-electron chi connectivity index (χ1n) is 16.2. The maximum absolute atomic E-state index is 16.5. The molecule has 14 heteroatoms. The normalized spacial score (nSPS) is 17.4. The number of aliphatic carboxylic acids is 1.